The quantitative estimate of drug-likeness (QED) is 0.856. The zero-order valence-electron chi connectivity index (χ0n) is 12.9. The molecule has 22 heavy (non-hydrogen) atoms. The lowest BCUT2D eigenvalue weighted by Gasteiger charge is -2.27. The summed E-state index contributed by atoms with van der Waals surface area (Å²) in [5.74, 6) is -0.142. The van der Waals surface area contributed by atoms with Crippen LogP contribution in [-0.4, -0.2) is 49.3 Å². The van der Waals surface area contributed by atoms with Crippen LogP contribution in [-0.2, 0) is 20.7 Å². The van der Waals surface area contributed by atoms with E-state index in [-0.39, 0.29) is 23.4 Å². The van der Waals surface area contributed by atoms with Crippen molar-refractivity contribution < 1.29 is 18.7 Å². The molecule has 1 spiro atoms. The maximum atomic E-state index is 12.9. The lowest BCUT2D eigenvalue weighted by atomic mass is 9.96. The molecule has 2 atom stereocenters. The van der Waals surface area contributed by atoms with E-state index in [1.165, 1.54) is 12.1 Å². The fraction of sp³-hybridized carbons (Fsp3) is 0.588. The summed E-state index contributed by atoms with van der Waals surface area (Å²) in [6, 6.07) is 6.31. The Bertz CT molecular complexity index is 525. The number of benzene rings is 1. The summed E-state index contributed by atoms with van der Waals surface area (Å²) in [6.45, 7) is 1.96. The summed E-state index contributed by atoms with van der Waals surface area (Å²) in [4.78, 5) is 14.3. The molecule has 2 aliphatic rings. The van der Waals surface area contributed by atoms with Crippen molar-refractivity contribution >= 4 is 5.91 Å². The molecule has 2 heterocycles. The fourth-order valence-electron chi connectivity index (χ4n) is 3.49. The van der Waals surface area contributed by atoms with Gasteiger partial charge < -0.3 is 14.4 Å². The second-order valence-corrected chi connectivity index (χ2v) is 6.14. The number of likely N-dealkylation sites (tertiary alicyclic amines) is 1. The van der Waals surface area contributed by atoms with Gasteiger partial charge in [-0.25, -0.2) is 4.39 Å². The SMILES string of the molecule is CO[C@H]1CN(C(=O)CCc2ccc(F)cc2)C[C@@]12CCCO2. The molecule has 1 aromatic rings. The van der Waals surface area contributed by atoms with E-state index in [2.05, 4.69) is 0 Å². The smallest absolute Gasteiger partial charge is 0.223 e. The number of methoxy groups -OCH3 is 1. The van der Waals surface area contributed by atoms with Crippen LogP contribution in [0.1, 0.15) is 24.8 Å². The summed E-state index contributed by atoms with van der Waals surface area (Å²) in [7, 11) is 1.68. The van der Waals surface area contributed by atoms with Gasteiger partial charge in [-0.15, -0.1) is 0 Å². The van der Waals surface area contributed by atoms with E-state index in [0.29, 0.717) is 25.9 Å². The minimum Gasteiger partial charge on any atom is -0.377 e. The first-order valence-corrected chi connectivity index (χ1v) is 7.82. The third-order valence-corrected chi connectivity index (χ3v) is 4.74. The Morgan fingerprint density at radius 3 is 2.86 bits per heavy atom. The average Bonchev–Trinajstić information content (AvgIpc) is 3.14. The van der Waals surface area contributed by atoms with E-state index in [1.54, 1.807) is 19.2 Å². The van der Waals surface area contributed by atoms with Crippen molar-refractivity contribution in [2.75, 3.05) is 26.8 Å². The molecule has 2 saturated heterocycles. The van der Waals surface area contributed by atoms with Gasteiger partial charge in [-0.3, -0.25) is 4.79 Å². The van der Waals surface area contributed by atoms with Gasteiger partial charge in [0, 0.05) is 26.7 Å². The number of nitrogens with zero attached hydrogens (tertiary/aromatic N) is 1. The lowest BCUT2D eigenvalue weighted by molar-refractivity contribution is -0.131. The fourth-order valence-corrected chi connectivity index (χ4v) is 3.49. The molecule has 0 N–H and O–H groups in total. The summed E-state index contributed by atoms with van der Waals surface area (Å²) in [5, 5.41) is 0. The van der Waals surface area contributed by atoms with Gasteiger partial charge >= 0.3 is 0 Å². The number of ether oxygens (including phenoxy) is 2. The molecule has 0 aromatic heterocycles. The number of halogens is 1. The maximum Gasteiger partial charge on any atom is 0.223 e. The van der Waals surface area contributed by atoms with Crippen LogP contribution in [0.25, 0.3) is 0 Å². The largest absolute Gasteiger partial charge is 0.377 e. The second kappa shape index (κ2) is 6.34. The third-order valence-electron chi connectivity index (χ3n) is 4.74. The van der Waals surface area contributed by atoms with Gasteiger partial charge in [0.2, 0.25) is 5.91 Å². The number of amides is 1. The van der Waals surface area contributed by atoms with Gasteiger partial charge in [-0.05, 0) is 37.0 Å². The number of carbonyl (C=O) groups is 1. The van der Waals surface area contributed by atoms with E-state index in [1.807, 2.05) is 4.90 Å². The van der Waals surface area contributed by atoms with Crippen molar-refractivity contribution in [2.45, 2.75) is 37.4 Å². The molecule has 0 radical (unpaired) electrons. The molecule has 2 aliphatic heterocycles. The highest BCUT2D eigenvalue weighted by atomic mass is 19.1. The first-order valence-electron chi connectivity index (χ1n) is 7.82. The van der Waals surface area contributed by atoms with Gasteiger partial charge in [-0.1, -0.05) is 12.1 Å². The average molecular weight is 307 g/mol. The Balaban J connectivity index is 1.57. The van der Waals surface area contributed by atoms with Crippen LogP contribution in [0.5, 0.6) is 0 Å². The van der Waals surface area contributed by atoms with Crippen LogP contribution < -0.4 is 0 Å². The third kappa shape index (κ3) is 3.01. The molecule has 1 amide bonds. The number of carbonyl (C=O) groups excluding carboxylic acids is 1. The predicted octanol–water partition coefficient (Wildman–Crippen LogP) is 2.16. The summed E-state index contributed by atoms with van der Waals surface area (Å²) < 4.78 is 24.3. The molecule has 0 unspecified atom stereocenters. The van der Waals surface area contributed by atoms with Gasteiger partial charge in [0.15, 0.2) is 0 Å². The molecular weight excluding hydrogens is 285 g/mol. The number of aryl methyl sites for hydroxylation is 1. The van der Waals surface area contributed by atoms with Gasteiger partial charge in [0.25, 0.3) is 0 Å². The Labute approximate surface area is 130 Å². The second-order valence-electron chi connectivity index (χ2n) is 6.14. The highest BCUT2D eigenvalue weighted by Gasteiger charge is 2.51. The zero-order valence-corrected chi connectivity index (χ0v) is 12.9. The number of hydrogen-bond acceptors (Lipinski definition) is 3. The number of hydrogen-bond donors (Lipinski definition) is 0. The van der Waals surface area contributed by atoms with Crippen molar-refractivity contribution in [3.05, 3.63) is 35.6 Å². The zero-order chi connectivity index (χ0) is 15.6. The summed E-state index contributed by atoms with van der Waals surface area (Å²) in [5.41, 5.74) is 0.671. The molecule has 0 saturated carbocycles. The Hall–Kier alpha value is -1.46. The van der Waals surface area contributed by atoms with Crippen molar-refractivity contribution in [2.24, 2.45) is 0 Å². The Kier molecular flexibility index (Phi) is 4.45. The minimum atomic E-state index is -0.305. The van der Waals surface area contributed by atoms with Crippen LogP contribution in [0.3, 0.4) is 0 Å². The van der Waals surface area contributed by atoms with Crippen LogP contribution in [0.2, 0.25) is 0 Å². The van der Waals surface area contributed by atoms with Crippen LogP contribution >= 0.6 is 0 Å². The number of rotatable bonds is 4. The van der Waals surface area contributed by atoms with Crippen molar-refractivity contribution in [3.8, 4) is 0 Å². The van der Waals surface area contributed by atoms with Crippen molar-refractivity contribution in [3.63, 3.8) is 0 Å². The van der Waals surface area contributed by atoms with Crippen molar-refractivity contribution in [1.29, 1.82) is 0 Å². The minimum absolute atomic E-state index is 0.0372. The van der Waals surface area contributed by atoms with Gasteiger partial charge in [-0.2, -0.15) is 0 Å². The topological polar surface area (TPSA) is 38.8 Å². The standard InChI is InChI=1S/C17H22FNO3/c1-21-15-11-19(12-17(15)9-2-10-22-17)16(20)8-5-13-3-6-14(18)7-4-13/h3-4,6-7,15H,2,5,8-12H2,1H3/t15-,17-/m0/s1. The Morgan fingerprint density at radius 2 is 2.23 bits per heavy atom. The lowest BCUT2D eigenvalue weighted by Crippen LogP contribution is -2.42. The van der Waals surface area contributed by atoms with E-state index in [9.17, 15) is 9.18 Å². The predicted molar refractivity (Wildman–Crippen MR) is 80.0 cm³/mol. The first kappa shape index (κ1) is 15.4. The maximum absolute atomic E-state index is 12.9. The molecule has 1 aromatic carbocycles. The molecule has 0 bridgehead atoms. The van der Waals surface area contributed by atoms with Crippen LogP contribution in [0.15, 0.2) is 24.3 Å². The van der Waals surface area contributed by atoms with Gasteiger partial charge in [0.05, 0.1) is 6.54 Å². The van der Waals surface area contributed by atoms with E-state index in [4.69, 9.17) is 9.47 Å². The van der Waals surface area contributed by atoms with Crippen molar-refractivity contribution in [1.82, 2.24) is 4.90 Å². The first-order chi connectivity index (χ1) is 10.6. The van der Waals surface area contributed by atoms with E-state index >= 15 is 0 Å². The molecule has 3 rings (SSSR count). The Morgan fingerprint density at radius 1 is 1.45 bits per heavy atom. The molecule has 2 fully saturated rings. The van der Waals surface area contributed by atoms with E-state index in [0.717, 1.165) is 25.0 Å². The van der Waals surface area contributed by atoms with Crippen LogP contribution in [0, 0.1) is 5.82 Å². The van der Waals surface area contributed by atoms with Gasteiger partial charge in [0.1, 0.15) is 17.5 Å². The summed E-state index contributed by atoms with van der Waals surface area (Å²) in [6.07, 6.45) is 2.99. The molecule has 0 aliphatic carbocycles. The van der Waals surface area contributed by atoms with E-state index < -0.39 is 0 Å². The van der Waals surface area contributed by atoms with Crippen LogP contribution in [0.4, 0.5) is 4.39 Å². The molecular formula is C17H22FNO3. The summed E-state index contributed by atoms with van der Waals surface area (Å²) >= 11 is 0. The molecule has 5 heteroatoms. The molecule has 4 nitrogen and oxygen atoms in total. The molecule has 120 valence electrons. The monoisotopic (exact) mass is 307 g/mol. The highest BCUT2D eigenvalue weighted by Crippen LogP contribution is 2.36. The highest BCUT2D eigenvalue weighted by molar-refractivity contribution is 5.77. The normalized spacial score (nSPS) is 27.7.